The van der Waals surface area contributed by atoms with E-state index in [0.717, 1.165) is 5.56 Å². The molecule has 0 saturated carbocycles. The lowest BCUT2D eigenvalue weighted by molar-refractivity contribution is 0.240. The Kier molecular flexibility index (Phi) is 4.50. The second kappa shape index (κ2) is 6.54. The van der Waals surface area contributed by atoms with Gasteiger partial charge in [-0.15, -0.1) is 0 Å². The zero-order valence-corrected chi connectivity index (χ0v) is 10.4. The van der Waals surface area contributed by atoms with E-state index >= 15 is 0 Å². The molecule has 98 valence electrons. The molecule has 0 bridgehead atoms. The minimum Gasteiger partial charge on any atom is -0.334 e. The van der Waals surface area contributed by atoms with Crippen LogP contribution in [0.3, 0.4) is 0 Å². The van der Waals surface area contributed by atoms with Gasteiger partial charge in [0, 0.05) is 18.7 Å². The van der Waals surface area contributed by atoms with Crippen molar-refractivity contribution in [3.63, 3.8) is 0 Å². The van der Waals surface area contributed by atoms with Gasteiger partial charge < -0.3 is 10.6 Å². The average molecular weight is 258 g/mol. The molecule has 0 spiro atoms. The van der Waals surface area contributed by atoms with E-state index in [1.165, 1.54) is 6.07 Å². The van der Waals surface area contributed by atoms with E-state index in [4.69, 9.17) is 0 Å². The topological polar surface area (TPSA) is 41.1 Å². The number of hydrogen-bond acceptors (Lipinski definition) is 1. The lowest BCUT2D eigenvalue weighted by atomic mass is 10.2. The van der Waals surface area contributed by atoms with Crippen LogP contribution in [0.5, 0.6) is 0 Å². The fraction of sp³-hybridized carbons (Fsp3) is 0.133. The number of carbonyl (C=O) groups is 1. The van der Waals surface area contributed by atoms with Gasteiger partial charge in [-0.25, -0.2) is 9.18 Å². The third-order valence-corrected chi connectivity index (χ3v) is 2.69. The molecule has 0 radical (unpaired) electrons. The molecule has 2 amide bonds. The van der Waals surface area contributed by atoms with E-state index in [0.29, 0.717) is 12.1 Å². The summed E-state index contributed by atoms with van der Waals surface area (Å²) in [7, 11) is 0. The minimum absolute atomic E-state index is 0.174. The molecule has 0 unspecified atom stereocenters. The number of nitrogens with one attached hydrogen (secondary N) is 2. The first-order chi connectivity index (χ1) is 9.25. The third-order valence-electron chi connectivity index (χ3n) is 2.69. The van der Waals surface area contributed by atoms with Crippen molar-refractivity contribution in [3.05, 3.63) is 71.5 Å². The first-order valence-electron chi connectivity index (χ1n) is 6.05. The maximum atomic E-state index is 13.3. The van der Waals surface area contributed by atoms with Gasteiger partial charge >= 0.3 is 6.03 Å². The average Bonchev–Trinajstić information content (AvgIpc) is 2.45. The van der Waals surface area contributed by atoms with Gasteiger partial charge in [0.05, 0.1) is 0 Å². The lowest BCUT2D eigenvalue weighted by Gasteiger charge is -2.08. The summed E-state index contributed by atoms with van der Waals surface area (Å²) < 4.78 is 13.3. The summed E-state index contributed by atoms with van der Waals surface area (Å²) in [5.74, 6) is -0.314. The number of benzene rings is 2. The molecule has 0 saturated heterocycles. The van der Waals surface area contributed by atoms with Gasteiger partial charge in [-0.3, -0.25) is 0 Å². The minimum atomic E-state index is -0.314. The van der Waals surface area contributed by atoms with E-state index in [1.54, 1.807) is 18.2 Å². The van der Waals surface area contributed by atoms with Gasteiger partial charge in [-0.05, 0) is 11.6 Å². The van der Waals surface area contributed by atoms with Crippen molar-refractivity contribution in [1.82, 2.24) is 10.6 Å². The molecule has 0 heterocycles. The zero-order valence-electron chi connectivity index (χ0n) is 10.4. The Morgan fingerprint density at radius 3 is 2.26 bits per heavy atom. The third kappa shape index (κ3) is 4.10. The Morgan fingerprint density at radius 1 is 0.895 bits per heavy atom. The van der Waals surface area contributed by atoms with E-state index in [2.05, 4.69) is 10.6 Å². The number of halogens is 1. The summed E-state index contributed by atoms with van der Waals surface area (Å²) >= 11 is 0. The standard InChI is InChI=1S/C15H15FN2O/c16-14-9-5-4-8-13(14)11-18-15(19)17-10-12-6-2-1-3-7-12/h1-9H,10-11H2,(H2,17,18,19). The van der Waals surface area contributed by atoms with Crippen LogP contribution in [0.4, 0.5) is 9.18 Å². The van der Waals surface area contributed by atoms with Crippen LogP contribution in [-0.2, 0) is 13.1 Å². The molecule has 2 N–H and O–H groups in total. The van der Waals surface area contributed by atoms with Gasteiger partial charge in [0.1, 0.15) is 5.82 Å². The van der Waals surface area contributed by atoms with Gasteiger partial charge in [-0.1, -0.05) is 48.5 Å². The van der Waals surface area contributed by atoms with Crippen molar-refractivity contribution in [2.75, 3.05) is 0 Å². The normalized spacial score (nSPS) is 9.95. The molecular formula is C15H15FN2O. The molecule has 0 aliphatic carbocycles. The largest absolute Gasteiger partial charge is 0.334 e. The number of rotatable bonds is 4. The SMILES string of the molecule is O=C(NCc1ccccc1)NCc1ccccc1F. The van der Waals surface area contributed by atoms with Crippen LogP contribution in [0.2, 0.25) is 0 Å². The summed E-state index contributed by atoms with van der Waals surface area (Å²) in [6.07, 6.45) is 0. The monoisotopic (exact) mass is 258 g/mol. The van der Waals surface area contributed by atoms with Crippen molar-refractivity contribution < 1.29 is 9.18 Å². The van der Waals surface area contributed by atoms with Gasteiger partial charge in [-0.2, -0.15) is 0 Å². The molecule has 2 rings (SSSR count). The Balaban J connectivity index is 1.78. The van der Waals surface area contributed by atoms with Crippen molar-refractivity contribution >= 4 is 6.03 Å². The van der Waals surface area contributed by atoms with Crippen molar-refractivity contribution in [2.24, 2.45) is 0 Å². The molecule has 4 heteroatoms. The Morgan fingerprint density at radius 2 is 1.53 bits per heavy atom. The molecule has 2 aromatic carbocycles. The summed E-state index contributed by atoms with van der Waals surface area (Å²) in [6.45, 7) is 0.622. The molecule has 2 aromatic rings. The number of hydrogen-bond donors (Lipinski definition) is 2. The molecule has 0 aromatic heterocycles. The highest BCUT2D eigenvalue weighted by Crippen LogP contribution is 2.05. The van der Waals surface area contributed by atoms with Crippen molar-refractivity contribution in [1.29, 1.82) is 0 Å². The highest BCUT2D eigenvalue weighted by Gasteiger charge is 2.03. The van der Waals surface area contributed by atoms with E-state index < -0.39 is 0 Å². The number of amides is 2. The molecule has 3 nitrogen and oxygen atoms in total. The first-order valence-corrected chi connectivity index (χ1v) is 6.05. The van der Waals surface area contributed by atoms with Gasteiger partial charge in [0.15, 0.2) is 0 Å². The van der Waals surface area contributed by atoms with E-state index in [9.17, 15) is 9.18 Å². The van der Waals surface area contributed by atoms with Crippen LogP contribution in [0.25, 0.3) is 0 Å². The lowest BCUT2D eigenvalue weighted by Crippen LogP contribution is -2.34. The van der Waals surface area contributed by atoms with Crippen LogP contribution in [-0.4, -0.2) is 6.03 Å². The fourth-order valence-electron chi connectivity index (χ4n) is 1.66. The van der Waals surface area contributed by atoms with Crippen LogP contribution in [0, 0.1) is 5.82 Å². The summed E-state index contributed by atoms with van der Waals surface area (Å²) in [6, 6.07) is 15.7. The molecule has 0 fully saturated rings. The maximum absolute atomic E-state index is 13.3. The predicted molar refractivity (Wildman–Crippen MR) is 71.9 cm³/mol. The van der Waals surface area contributed by atoms with Crippen LogP contribution >= 0.6 is 0 Å². The van der Waals surface area contributed by atoms with E-state index in [-0.39, 0.29) is 18.4 Å². The molecule has 0 atom stereocenters. The van der Waals surface area contributed by atoms with Crippen LogP contribution < -0.4 is 10.6 Å². The first kappa shape index (κ1) is 13.1. The van der Waals surface area contributed by atoms with Crippen molar-refractivity contribution in [3.8, 4) is 0 Å². The zero-order chi connectivity index (χ0) is 13.5. The Labute approximate surface area is 111 Å². The highest BCUT2D eigenvalue weighted by atomic mass is 19.1. The summed E-state index contributed by atoms with van der Waals surface area (Å²) in [4.78, 5) is 11.6. The van der Waals surface area contributed by atoms with Crippen LogP contribution in [0.1, 0.15) is 11.1 Å². The van der Waals surface area contributed by atoms with Crippen LogP contribution in [0.15, 0.2) is 54.6 Å². The number of urea groups is 1. The smallest absolute Gasteiger partial charge is 0.315 e. The number of carbonyl (C=O) groups excluding carboxylic acids is 1. The molecule has 0 aliphatic rings. The van der Waals surface area contributed by atoms with E-state index in [1.807, 2.05) is 30.3 Å². The Hall–Kier alpha value is -2.36. The highest BCUT2D eigenvalue weighted by molar-refractivity contribution is 5.73. The fourth-order valence-corrected chi connectivity index (χ4v) is 1.66. The molecule has 19 heavy (non-hydrogen) atoms. The predicted octanol–water partition coefficient (Wildman–Crippen LogP) is 2.83. The second-order valence-corrected chi connectivity index (χ2v) is 4.11. The summed E-state index contributed by atoms with van der Waals surface area (Å²) in [5, 5.41) is 5.34. The van der Waals surface area contributed by atoms with Gasteiger partial charge in [0.25, 0.3) is 0 Å². The summed E-state index contributed by atoms with van der Waals surface area (Å²) in [5.41, 5.74) is 1.49. The quantitative estimate of drug-likeness (QED) is 0.870. The maximum Gasteiger partial charge on any atom is 0.315 e. The second-order valence-electron chi connectivity index (χ2n) is 4.11. The Bertz CT molecular complexity index is 543. The molecular weight excluding hydrogens is 243 g/mol. The van der Waals surface area contributed by atoms with Crippen molar-refractivity contribution in [2.45, 2.75) is 13.1 Å². The molecule has 0 aliphatic heterocycles. The van der Waals surface area contributed by atoms with Gasteiger partial charge in [0.2, 0.25) is 0 Å².